The number of hydrogen-bond donors (Lipinski definition) is 1. The summed E-state index contributed by atoms with van der Waals surface area (Å²) in [6.45, 7) is 2.05. The maximum atomic E-state index is 9.89. The van der Waals surface area contributed by atoms with Crippen LogP contribution in [0.1, 0.15) is 12.5 Å². The van der Waals surface area contributed by atoms with Crippen molar-refractivity contribution in [3.8, 4) is 5.75 Å². The summed E-state index contributed by atoms with van der Waals surface area (Å²) in [6.07, 6.45) is 0.882. The van der Waals surface area contributed by atoms with Gasteiger partial charge in [0.2, 0.25) is 0 Å². The number of azo groups is 1. The molecule has 0 radical (unpaired) electrons. The zero-order chi connectivity index (χ0) is 13.0. The Labute approximate surface area is 114 Å². The number of phenolic OH excluding ortho intramolecular Hbond substituents is 1. The molecule has 0 unspecified atom stereocenters. The molecule has 0 aliphatic heterocycles. The first kappa shape index (κ1) is 12.8. The van der Waals surface area contributed by atoms with Crippen molar-refractivity contribution in [3.63, 3.8) is 0 Å². The highest BCUT2D eigenvalue weighted by Gasteiger charge is 2.06. The summed E-state index contributed by atoms with van der Waals surface area (Å²) in [5.41, 5.74) is 2.33. The number of aromatic hydroxyl groups is 1. The third-order valence-electron chi connectivity index (χ3n) is 2.54. The standard InChI is InChI=1S/C14H13BrN2O/c1-2-10-8-12(15)14(18)13(9-10)17-16-11-6-4-3-5-7-11/h3-9,18H,2H2,1H3. The van der Waals surface area contributed by atoms with Crippen molar-refractivity contribution in [2.45, 2.75) is 13.3 Å². The molecule has 92 valence electrons. The quantitative estimate of drug-likeness (QED) is 0.785. The van der Waals surface area contributed by atoms with Gasteiger partial charge in [-0.2, -0.15) is 5.11 Å². The van der Waals surface area contributed by atoms with E-state index in [0.29, 0.717) is 10.2 Å². The Morgan fingerprint density at radius 1 is 1.11 bits per heavy atom. The number of benzene rings is 2. The highest BCUT2D eigenvalue weighted by Crippen LogP contribution is 2.36. The predicted octanol–water partition coefficient (Wildman–Crippen LogP) is 5.13. The Bertz CT molecular complexity index is 568. The van der Waals surface area contributed by atoms with E-state index in [1.54, 1.807) is 0 Å². The molecule has 0 amide bonds. The van der Waals surface area contributed by atoms with E-state index >= 15 is 0 Å². The minimum atomic E-state index is 0.117. The number of phenols is 1. The topological polar surface area (TPSA) is 45.0 Å². The molecule has 1 N–H and O–H groups in total. The van der Waals surface area contributed by atoms with E-state index in [2.05, 4.69) is 33.1 Å². The van der Waals surface area contributed by atoms with Gasteiger partial charge in [0.25, 0.3) is 0 Å². The Hall–Kier alpha value is -1.68. The van der Waals surface area contributed by atoms with Crippen molar-refractivity contribution >= 4 is 27.3 Å². The molecule has 3 nitrogen and oxygen atoms in total. The van der Waals surface area contributed by atoms with Crippen molar-refractivity contribution in [1.82, 2.24) is 0 Å². The van der Waals surface area contributed by atoms with E-state index in [1.807, 2.05) is 42.5 Å². The monoisotopic (exact) mass is 304 g/mol. The molecule has 0 aliphatic carbocycles. The fourth-order valence-electron chi connectivity index (χ4n) is 1.53. The second-order valence-electron chi connectivity index (χ2n) is 3.83. The lowest BCUT2D eigenvalue weighted by atomic mass is 10.1. The van der Waals surface area contributed by atoms with Gasteiger partial charge in [-0.3, -0.25) is 0 Å². The van der Waals surface area contributed by atoms with Crippen molar-refractivity contribution in [2.24, 2.45) is 10.2 Å². The first-order chi connectivity index (χ1) is 8.70. The van der Waals surface area contributed by atoms with Crippen LogP contribution in [0.15, 0.2) is 57.2 Å². The third-order valence-corrected chi connectivity index (χ3v) is 3.15. The van der Waals surface area contributed by atoms with Crippen LogP contribution < -0.4 is 0 Å². The van der Waals surface area contributed by atoms with Crippen LogP contribution in [0.25, 0.3) is 0 Å². The SMILES string of the molecule is CCc1cc(Br)c(O)c(N=Nc2ccccc2)c1. The minimum Gasteiger partial charge on any atom is -0.505 e. The Kier molecular flexibility index (Phi) is 4.10. The molecule has 0 saturated carbocycles. The van der Waals surface area contributed by atoms with Crippen molar-refractivity contribution in [3.05, 3.63) is 52.5 Å². The fraction of sp³-hybridized carbons (Fsp3) is 0.143. The van der Waals surface area contributed by atoms with Gasteiger partial charge < -0.3 is 5.11 Å². The van der Waals surface area contributed by atoms with Gasteiger partial charge in [0.05, 0.1) is 10.2 Å². The van der Waals surface area contributed by atoms with Crippen LogP contribution in [0.4, 0.5) is 11.4 Å². The Morgan fingerprint density at radius 3 is 2.50 bits per heavy atom. The Morgan fingerprint density at radius 2 is 1.83 bits per heavy atom. The highest BCUT2D eigenvalue weighted by atomic mass is 79.9. The van der Waals surface area contributed by atoms with E-state index in [9.17, 15) is 5.11 Å². The molecule has 0 fully saturated rings. The molecule has 2 aromatic rings. The number of aryl methyl sites for hydroxylation is 1. The number of nitrogens with zero attached hydrogens (tertiary/aromatic N) is 2. The smallest absolute Gasteiger partial charge is 0.157 e. The molecule has 0 atom stereocenters. The zero-order valence-electron chi connectivity index (χ0n) is 9.97. The van der Waals surface area contributed by atoms with E-state index in [1.165, 1.54) is 0 Å². The molecule has 4 heteroatoms. The average Bonchev–Trinajstić information content (AvgIpc) is 2.41. The summed E-state index contributed by atoms with van der Waals surface area (Å²) in [5.74, 6) is 0.117. The number of halogens is 1. The highest BCUT2D eigenvalue weighted by molar-refractivity contribution is 9.10. The fourth-order valence-corrected chi connectivity index (χ4v) is 2.02. The molecule has 2 aromatic carbocycles. The van der Waals surface area contributed by atoms with E-state index < -0.39 is 0 Å². The summed E-state index contributed by atoms with van der Waals surface area (Å²) >= 11 is 3.31. The first-order valence-corrected chi connectivity index (χ1v) is 6.48. The number of hydrogen-bond acceptors (Lipinski definition) is 3. The third kappa shape index (κ3) is 2.96. The molecule has 0 aromatic heterocycles. The van der Waals surface area contributed by atoms with Crippen LogP contribution in [-0.4, -0.2) is 5.11 Å². The van der Waals surface area contributed by atoms with Gasteiger partial charge in [-0.25, -0.2) is 0 Å². The first-order valence-electron chi connectivity index (χ1n) is 5.69. The van der Waals surface area contributed by atoms with Gasteiger partial charge >= 0.3 is 0 Å². The summed E-state index contributed by atoms with van der Waals surface area (Å²) in [6, 6.07) is 13.2. The molecular weight excluding hydrogens is 292 g/mol. The maximum absolute atomic E-state index is 9.89. The largest absolute Gasteiger partial charge is 0.505 e. The molecule has 0 heterocycles. The van der Waals surface area contributed by atoms with Crippen LogP contribution in [0, 0.1) is 0 Å². The summed E-state index contributed by atoms with van der Waals surface area (Å²) < 4.78 is 0.642. The van der Waals surface area contributed by atoms with Crippen molar-refractivity contribution in [2.75, 3.05) is 0 Å². The van der Waals surface area contributed by atoms with Crippen molar-refractivity contribution in [1.29, 1.82) is 0 Å². The van der Waals surface area contributed by atoms with Crippen LogP contribution in [0.3, 0.4) is 0 Å². The normalized spacial score (nSPS) is 11.0. The van der Waals surface area contributed by atoms with E-state index in [-0.39, 0.29) is 5.75 Å². The number of rotatable bonds is 3. The zero-order valence-corrected chi connectivity index (χ0v) is 11.6. The molecule has 0 spiro atoms. The minimum absolute atomic E-state index is 0.117. The van der Waals surface area contributed by atoms with Gasteiger partial charge in [0.15, 0.2) is 5.75 Å². The molecule has 2 rings (SSSR count). The molecule has 18 heavy (non-hydrogen) atoms. The van der Waals surface area contributed by atoms with Crippen LogP contribution >= 0.6 is 15.9 Å². The average molecular weight is 305 g/mol. The molecular formula is C14H13BrN2O. The van der Waals surface area contributed by atoms with Crippen LogP contribution in [0.2, 0.25) is 0 Å². The van der Waals surface area contributed by atoms with Gasteiger partial charge in [-0.15, -0.1) is 5.11 Å². The second kappa shape index (κ2) is 5.78. The van der Waals surface area contributed by atoms with Crippen LogP contribution in [0.5, 0.6) is 5.75 Å². The van der Waals surface area contributed by atoms with Gasteiger partial charge in [-0.05, 0) is 52.2 Å². The Balaban J connectivity index is 2.34. The predicted molar refractivity (Wildman–Crippen MR) is 75.8 cm³/mol. The lowest BCUT2D eigenvalue weighted by molar-refractivity contribution is 0.473. The summed E-state index contributed by atoms with van der Waals surface area (Å²) in [4.78, 5) is 0. The molecule has 0 saturated heterocycles. The molecule has 0 aliphatic rings. The summed E-state index contributed by atoms with van der Waals surface area (Å²) in [5, 5.41) is 18.1. The van der Waals surface area contributed by atoms with Gasteiger partial charge in [0, 0.05) is 0 Å². The maximum Gasteiger partial charge on any atom is 0.157 e. The molecule has 0 bridgehead atoms. The lowest BCUT2D eigenvalue weighted by Gasteiger charge is -2.04. The van der Waals surface area contributed by atoms with E-state index in [4.69, 9.17) is 0 Å². The summed E-state index contributed by atoms with van der Waals surface area (Å²) in [7, 11) is 0. The van der Waals surface area contributed by atoms with Gasteiger partial charge in [0.1, 0.15) is 5.69 Å². The second-order valence-corrected chi connectivity index (χ2v) is 4.69. The van der Waals surface area contributed by atoms with Gasteiger partial charge in [-0.1, -0.05) is 25.1 Å². The van der Waals surface area contributed by atoms with Crippen molar-refractivity contribution < 1.29 is 5.11 Å². The lowest BCUT2D eigenvalue weighted by Crippen LogP contribution is -1.80. The van der Waals surface area contributed by atoms with E-state index in [0.717, 1.165) is 17.7 Å². The van der Waals surface area contributed by atoms with Crippen LogP contribution in [-0.2, 0) is 6.42 Å².